The van der Waals surface area contributed by atoms with Crippen LogP contribution in [0.4, 0.5) is 0 Å². The Labute approximate surface area is 429 Å². The Hall–Kier alpha value is -3.41. The average molecular weight is 1030 g/mol. The van der Waals surface area contributed by atoms with E-state index in [0.29, 0.717) is 26.2 Å². The molecule has 16 heteroatoms. The van der Waals surface area contributed by atoms with Gasteiger partial charge in [0, 0.05) is 18.5 Å². The van der Waals surface area contributed by atoms with Gasteiger partial charge in [-0.05, 0) is 73.9 Å². The smallest absolute Gasteiger partial charge is 0.126 e. The first-order chi connectivity index (χ1) is 34.2. The van der Waals surface area contributed by atoms with Crippen molar-refractivity contribution >= 4 is 35.1 Å². The van der Waals surface area contributed by atoms with Crippen LogP contribution in [-0.4, -0.2) is 180 Å². The number of hydrogen-bond donors (Lipinski definition) is 5. The summed E-state index contributed by atoms with van der Waals surface area (Å²) in [6.45, 7) is 15.1. The second-order valence-corrected chi connectivity index (χ2v) is 25.1. The number of carbonyl (C=O) groups excluding carboxylic acids is 2. The molecular formula is C56H87N2O13P. The van der Waals surface area contributed by atoms with E-state index in [-0.39, 0.29) is 63.7 Å². The third kappa shape index (κ3) is 14.9. The molecule has 2 aliphatic heterocycles. The molecule has 0 saturated carbocycles. The van der Waals surface area contributed by atoms with E-state index in [1.807, 2.05) is 32.8 Å². The molecule has 0 aromatic heterocycles. The molecule has 2 aliphatic rings. The van der Waals surface area contributed by atoms with Gasteiger partial charge in [0.15, 0.2) is 6.29 Å². The molecule has 15 nitrogen and oxygen atoms in total. The van der Waals surface area contributed by atoms with Crippen LogP contribution < -0.4 is 15.9 Å². The molecule has 0 radical (unpaired) electrons. The van der Waals surface area contributed by atoms with Crippen molar-refractivity contribution in [3.05, 3.63) is 91.0 Å². The molecule has 1 amide bonds. The van der Waals surface area contributed by atoms with Crippen molar-refractivity contribution in [2.45, 2.75) is 147 Å². The van der Waals surface area contributed by atoms with Gasteiger partial charge in [0.1, 0.15) is 23.9 Å². The molecular weight excluding hydrogens is 940 g/mol. The number of hydrogen-bond acceptors (Lipinski definition) is 14. The summed E-state index contributed by atoms with van der Waals surface area (Å²) < 4.78 is 36.4. The van der Waals surface area contributed by atoms with Crippen LogP contribution in [0.15, 0.2) is 91.0 Å². The van der Waals surface area contributed by atoms with Gasteiger partial charge in [-0.2, -0.15) is 0 Å². The second kappa shape index (κ2) is 27.4. The maximum atomic E-state index is 14.2. The van der Waals surface area contributed by atoms with Gasteiger partial charge in [-0.15, -0.1) is 0 Å². The average Bonchev–Trinajstić information content (AvgIpc) is 3.36. The molecule has 72 heavy (non-hydrogen) atoms. The first-order valence-corrected chi connectivity index (χ1v) is 28.2. The zero-order valence-corrected chi connectivity index (χ0v) is 45.5. The number of aliphatic hydroxyl groups excluding tert-OH is 3. The minimum Gasteiger partial charge on any atom is -0.388 e. The van der Waals surface area contributed by atoms with Gasteiger partial charge in [-0.25, -0.2) is 0 Å². The zero-order valence-electron chi connectivity index (χ0n) is 44.5. The maximum Gasteiger partial charge on any atom is 0.126 e. The maximum absolute atomic E-state index is 14.2. The Morgan fingerprint density at radius 1 is 0.764 bits per heavy atom. The van der Waals surface area contributed by atoms with Crippen LogP contribution in [0.1, 0.15) is 81.1 Å². The largest absolute Gasteiger partial charge is 0.388 e. The number of likely N-dealkylation sites (N-methyl/N-ethyl adjacent to an activating group) is 1. The number of rotatable bonds is 19. The van der Waals surface area contributed by atoms with Crippen molar-refractivity contribution in [1.82, 2.24) is 9.80 Å². The number of esters is 1. The van der Waals surface area contributed by atoms with Gasteiger partial charge in [-0.3, -0.25) is 9.59 Å². The van der Waals surface area contributed by atoms with Crippen LogP contribution in [0.25, 0.3) is 0 Å². The van der Waals surface area contributed by atoms with E-state index in [9.17, 15) is 35.1 Å². The molecule has 2 heterocycles. The van der Waals surface area contributed by atoms with Crippen LogP contribution in [-0.2, 0) is 38.0 Å². The molecule has 0 spiro atoms. The van der Waals surface area contributed by atoms with Gasteiger partial charge < -0.3 is 49.5 Å². The summed E-state index contributed by atoms with van der Waals surface area (Å²) in [7, 11) is 1.29. The molecule has 404 valence electrons. The van der Waals surface area contributed by atoms with Crippen molar-refractivity contribution in [3.63, 3.8) is 0 Å². The molecule has 2 saturated heterocycles. The van der Waals surface area contributed by atoms with Gasteiger partial charge in [0.2, 0.25) is 0 Å². The first-order valence-electron chi connectivity index (χ1n) is 26.0. The van der Waals surface area contributed by atoms with Gasteiger partial charge in [0.05, 0.1) is 35.9 Å². The van der Waals surface area contributed by atoms with Crippen molar-refractivity contribution in [2.75, 3.05) is 66.4 Å². The number of cyclic esters (lactones) is 1. The number of carbonyl (C=O) groups is 2. The zero-order chi connectivity index (χ0) is 52.8. The topological polar surface area (TPSA) is 197 Å². The van der Waals surface area contributed by atoms with Crippen LogP contribution in [0.3, 0.4) is 0 Å². The second-order valence-electron chi connectivity index (χ2n) is 21.1. The summed E-state index contributed by atoms with van der Waals surface area (Å²) in [6.07, 6.45) is -6.42. The Kier molecular flexibility index (Phi) is 22.6. The molecule has 5 N–H and O–H groups in total. The van der Waals surface area contributed by atoms with E-state index in [2.05, 4.69) is 91.0 Å². The third-order valence-electron chi connectivity index (χ3n) is 15.1. The number of amides is 1. The van der Waals surface area contributed by atoms with E-state index >= 15 is 0 Å². The Morgan fingerprint density at radius 2 is 1.26 bits per heavy atom. The fraction of sp³-hybridized carbons (Fsp3) is 0.643. The minimum absolute atomic E-state index is 0.0387. The van der Waals surface area contributed by atoms with Gasteiger partial charge in [-0.1, -0.05) is 20.8 Å². The van der Waals surface area contributed by atoms with E-state index in [4.69, 9.17) is 28.4 Å². The number of nitrogens with zero attached hydrogens (tertiary/aromatic N) is 2. The summed E-state index contributed by atoms with van der Waals surface area (Å²) >= 11 is 0. The van der Waals surface area contributed by atoms with E-state index in [1.54, 1.807) is 27.7 Å². The monoisotopic (exact) mass is 1030 g/mol. The SMILES string of the molecule is CC[C@H]1OC(=O)[C@H](C)[C@@H](O)[C@H](C)[C@@H](O[C@@H]2O[C@H](C)C[C@H](N(C)C)[C@H]2O)[C@](C)(O)C[C@@H](C)CN(C(=O)CCOCCOCCOCC[PH](c2ccccc2)(c2ccccc2)c2ccccc2)[C@H](C)[C@@H](O)[C@]1(C)O. The Balaban J connectivity index is 1.21. The summed E-state index contributed by atoms with van der Waals surface area (Å²) in [5, 5.41) is 63.3. The quantitative estimate of drug-likeness (QED) is 0.0656. The predicted octanol–water partition coefficient (Wildman–Crippen LogP) is 4.04. The van der Waals surface area contributed by atoms with E-state index < -0.39 is 85.0 Å². The molecule has 0 bridgehead atoms. The van der Waals surface area contributed by atoms with Crippen molar-refractivity contribution < 1.29 is 63.5 Å². The normalized spacial score (nSPS) is 32.7. The number of aliphatic hydroxyl groups is 5. The van der Waals surface area contributed by atoms with Crippen LogP contribution in [0, 0.1) is 17.8 Å². The van der Waals surface area contributed by atoms with Crippen LogP contribution in [0.5, 0.6) is 0 Å². The Bertz CT molecular complexity index is 1970. The van der Waals surface area contributed by atoms with Gasteiger partial charge >= 0.3 is 192 Å². The molecule has 2 fully saturated rings. The molecule has 3 aromatic carbocycles. The van der Waals surface area contributed by atoms with Gasteiger partial charge in [0.25, 0.3) is 0 Å². The van der Waals surface area contributed by atoms with E-state index in [1.165, 1.54) is 34.7 Å². The van der Waals surface area contributed by atoms with Crippen LogP contribution >= 0.6 is 7.26 Å². The third-order valence-corrected chi connectivity index (χ3v) is 20.0. The molecule has 3 aromatic rings. The summed E-state index contributed by atoms with van der Waals surface area (Å²) in [6, 6.07) is 30.9. The number of benzene rings is 3. The summed E-state index contributed by atoms with van der Waals surface area (Å²) in [4.78, 5) is 31.3. The number of ether oxygens (including phenoxy) is 6. The summed E-state index contributed by atoms with van der Waals surface area (Å²) in [5.74, 6) is -3.68. The molecule has 5 rings (SSSR count). The Morgan fingerprint density at radius 3 is 1.76 bits per heavy atom. The fourth-order valence-electron chi connectivity index (χ4n) is 11.0. The molecule has 0 aliphatic carbocycles. The minimum atomic E-state index is -2.41. The van der Waals surface area contributed by atoms with Crippen molar-refractivity contribution in [1.29, 1.82) is 0 Å². The van der Waals surface area contributed by atoms with Crippen molar-refractivity contribution in [2.24, 2.45) is 17.8 Å². The first kappa shape index (κ1) is 59.5. The predicted molar refractivity (Wildman–Crippen MR) is 283 cm³/mol. The van der Waals surface area contributed by atoms with Crippen molar-refractivity contribution in [3.8, 4) is 0 Å². The fourth-order valence-corrected chi connectivity index (χ4v) is 15.6. The summed E-state index contributed by atoms with van der Waals surface area (Å²) in [5.41, 5.74) is -3.72. The molecule has 0 unspecified atom stereocenters. The van der Waals surface area contributed by atoms with Crippen LogP contribution in [0.2, 0.25) is 0 Å². The molecule has 14 atom stereocenters. The standard InChI is InChI=1S/C56H87N2O13P/c1-11-47-56(8,65)51(62)42(6)58(37-38(2)36-55(7,64)52(40(4)49(60)41(5)53(63)70-47)71-54-50(61)46(57(9)10)35-39(3)69-54)48(59)27-28-66-29-30-67-31-32-68-33-34-72(43-21-15-12-16-22-43,44-23-17-13-18-24-44)45-25-19-14-20-26-45/h12-26,38-42,46-47,49-52,54,60-62,64-65,72H,11,27-37H2,1-10H3/t38-,39-,40+,41-,42-,46+,47-,49+,50-,51-,52-,54+,55-,56-/m1/s1. The van der Waals surface area contributed by atoms with E-state index in [0.717, 1.165) is 6.16 Å².